The summed E-state index contributed by atoms with van der Waals surface area (Å²) in [6.07, 6.45) is 6.44. The second-order valence-electron chi connectivity index (χ2n) is 6.71. The molecule has 3 nitrogen and oxygen atoms in total. The zero-order chi connectivity index (χ0) is 14.4. The summed E-state index contributed by atoms with van der Waals surface area (Å²) in [5.41, 5.74) is 5.31. The Balaban J connectivity index is 1.57. The third-order valence-electron chi connectivity index (χ3n) is 5.17. The maximum Gasteiger partial charge on any atom is 0.223 e. The van der Waals surface area contributed by atoms with Gasteiger partial charge in [0.15, 0.2) is 0 Å². The average molecular weight is 282 g/mol. The van der Waals surface area contributed by atoms with Gasteiger partial charge in [0.05, 0.1) is 0 Å². The van der Waals surface area contributed by atoms with Gasteiger partial charge < -0.3 is 10.3 Å². The molecule has 0 spiro atoms. The molecule has 3 heteroatoms. The predicted octanol–water partition coefficient (Wildman–Crippen LogP) is 3.25. The Morgan fingerprint density at radius 1 is 1.29 bits per heavy atom. The zero-order valence-corrected chi connectivity index (χ0v) is 12.5. The number of rotatable bonds is 2. The van der Waals surface area contributed by atoms with Gasteiger partial charge in [-0.3, -0.25) is 4.79 Å². The van der Waals surface area contributed by atoms with Gasteiger partial charge in [-0.15, -0.1) is 0 Å². The van der Waals surface area contributed by atoms with Crippen molar-refractivity contribution in [2.45, 2.75) is 51.5 Å². The molecule has 21 heavy (non-hydrogen) atoms. The number of hydrogen-bond donors (Lipinski definition) is 2. The van der Waals surface area contributed by atoms with Crippen LogP contribution in [0, 0.1) is 12.8 Å². The van der Waals surface area contributed by atoms with Crippen LogP contribution in [0.3, 0.4) is 0 Å². The van der Waals surface area contributed by atoms with Crippen LogP contribution in [0.5, 0.6) is 0 Å². The minimum Gasteiger partial charge on any atom is -0.358 e. The van der Waals surface area contributed by atoms with Gasteiger partial charge >= 0.3 is 0 Å². The number of carbonyl (C=O) groups excluding carboxylic acids is 1. The van der Waals surface area contributed by atoms with Crippen molar-refractivity contribution >= 4 is 16.8 Å². The quantitative estimate of drug-likeness (QED) is 0.872. The number of carbonyl (C=O) groups is 1. The second kappa shape index (κ2) is 4.90. The lowest BCUT2D eigenvalue weighted by Crippen LogP contribution is -2.43. The lowest BCUT2D eigenvalue weighted by atomic mass is 9.84. The molecule has 1 aromatic carbocycles. The van der Waals surface area contributed by atoms with Crippen LogP contribution >= 0.6 is 0 Å². The van der Waals surface area contributed by atoms with Gasteiger partial charge in [-0.05, 0) is 56.7 Å². The summed E-state index contributed by atoms with van der Waals surface area (Å²) in [5.74, 6) is 0.572. The van der Waals surface area contributed by atoms with E-state index in [-0.39, 0.29) is 11.8 Å². The molecule has 2 aromatic rings. The summed E-state index contributed by atoms with van der Waals surface area (Å²) in [6, 6.07) is 6.90. The number of nitrogens with one attached hydrogen (secondary N) is 2. The van der Waals surface area contributed by atoms with E-state index in [1.54, 1.807) is 0 Å². The Bertz CT molecular complexity index is 697. The molecule has 1 unspecified atom stereocenters. The molecular formula is C18H22N2O. The Kier molecular flexibility index (Phi) is 3.02. The largest absolute Gasteiger partial charge is 0.358 e. The Hall–Kier alpha value is -1.77. The lowest BCUT2D eigenvalue weighted by molar-refractivity contribution is -0.128. The van der Waals surface area contributed by atoms with Crippen molar-refractivity contribution in [2.75, 3.05) is 0 Å². The van der Waals surface area contributed by atoms with Crippen LogP contribution in [-0.4, -0.2) is 16.9 Å². The fourth-order valence-electron chi connectivity index (χ4n) is 3.64. The molecule has 1 atom stereocenters. The van der Waals surface area contributed by atoms with Gasteiger partial charge in [-0.1, -0.05) is 18.1 Å². The van der Waals surface area contributed by atoms with Crippen LogP contribution in [0.25, 0.3) is 10.9 Å². The zero-order valence-electron chi connectivity index (χ0n) is 12.5. The van der Waals surface area contributed by atoms with Crippen molar-refractivity contribution in [3.05, 3.63) is 35.0 Å². The van der Waals surface area contributed by atoms with Crippen LogP contribution in [0.2, 0.25) is 0 Å². The number of amides is 1. The molecule has 110 valence electrons. The van der Waals surface area contributed by atoms with Crippen molar-refractivity contribution < 1.29 is 4.79 Å². The smallest absolute Gasteiger partial charge is 0.223 e. The van der Waals surface area contributed by atoms with Crippen molar-refractivity contribution in [2.24, 2.45) is 5.92 Å². The van der Waals surface area contributed by atoms with Crippen molar-refractivity contribution in [3.63, 3.8) is 0 Å². The molecule has 0 aliphatic heterocycles. The lowest BCUT2D eigenvalue weighted by Gasteiger charge is -2.29. The van der Waals surface area contributed by atoms with E-state index in [0.29, 0.717) is 6.04 Å². The molecule has 2 N–H and O–H groups in total. The monoisotopic (exact) mass is 282 g/mol. The number of benzene rings is 1. The van der Waals surface area contributed by atoms with Crippen LogP contribution in [0.15, 0.2) is 18.2 Å². The standard InChI is InChI=1S/C18H22N2O/c1-11-5-7-16-14(9-11)15-10-13(6-8-17(15)20-16)19-18(21)12-3-2-4-12/h5,7,9,12-13,20H,2-4,6,8,10H2,1H3,(H,19,21). The molecule has 1 aromatic heterocycles. The fourth-order valence-corrected chi connectivity index (χ4v) is 3.64. The highest BCUT2D eigenvalue weighted by Gasteiger charge is 2.29. The van der Waals surface area contributed by atoms with E-state index < -0.39 is 0 Å². The Labute approximate surface area is 125 Å². The molecule has 1 amide bonds. The summed E-state index contributed by atoms with van der Waals surface area (Å²) in [4.78, 5) is 15.7. The maximum atomic E-state index is 12.1. The SMILES string of the molecule is Cc1ccc2[nH]c3c(c2c1)CC(NC(=O)C1CCC1)CC3. The summed E-state index contributed by atoms with van der Waals surface area (Å²) in [7, 11) is 0. The topological polar surface area (TPSA) is 44.9 Å². The number of fused-ring (bicyclic) bond motifs is 3. The van der Waals surface area contributed by atoms with Crippen molar-refractivity contribution in [1.29, 1.82) is 0 Å². The normalized spacial score (nSPS) is 21.9. The number of aromatic amines is 1. The summed E-state index contributed by atoms with van der Waals surface area (Å²) >= 11 is 0. The number of H-pyrrole nitrogens is 1. The molecule has 1 fully saturated rings. The summed E-state index contributed by atoms with van der Waals surface area (Å²) < 4.78 is 0. The molecule has 2 aliphatic rings. The molecule has 2 aliphatic carbocycles. The molecule has 0 saturated heterocycles. The maximum absolute atomic E-state index is 12.1. The van der Waals surface area contributed by atoms with E-state index in [4.69, 9.17) is 0 Å². The molecule has 0 bridgehead atoms. The highest BCUT2D eigenvalue weighted by molar-refractivity contribution is 5.86. The van der Waals surface area contributed by atoms with Gasteiger partial charge in [-0.2, -0.15) is 0 Å². The van der Waals surface area contributed by atoms with Gasteiger partial charge in [0.2, 0.25) is 5.91 Å². The fraction of sp³-hybridized carbons (Fsp3) is 0.500. The van der Waals surface area contributed by atoms with E-state index in [1.165, 1.54) is 34.1 Å². The first kappa shape index (κ1) is 12.9. The van der Waals surface area contributed by atoms with Crippen molar-refractivity contribution in [1.82, 2.24) is 10.3 Å². The van der Waals surface area contributed by atoms with Crippen LogP contribution in [-0.2, 0) is 17.6 Å². The van der Waals surface area contributed by atoms with Crippen LogP contribution < -0.4 is 5.32 Å². The first-order chi connectivity index (χ1) is 10.2. The third kappa shape index (κ3) is 2.25. The van der Waals surface area contributed by atoms with Gasteiger partial charge in [0.1, 0.15) is 0 Å². The number of hydrogen-bond acceptors (Lipinski definition) is 1. The van der Waals surface area contributed by atoms with Crippen LogP contribution in [0.4, 0.5) is 0 Å². The van der Waals surface area contributed by atoms with E-state index >= 15 is 0 Å². The average Bonchev–Trinajstić information content (AvgIpc) is 2.74. The molecule has 0 radical (unpaired) electrons. The number of aromatic nitrogens is 1. The summed E-state index contributed by atoms with van der Waals surface area (Å²) in [5, 5.41) is 4.62. The molecular weight excluding hydrogens is 260 g/mol. The second-order valence-corrected chi connectivity index (χ2v) is 6.71. The summed E-state index contributed by atoms with van der Waals surface area (Å²) in [6.45, 7) is 2.14. The van der Waals surface area contributed by atoms with E-state index in [0.717, 1.165) is 32.1 Å². The molecule has 1 heterocycles. The Morgan fingerprint density at radius 2 is 2.14 bits per heavy atom. The highest BCUT2D eigenvalue weighted by Crippen LogP contribution is 2.31. The number of aryl methyl sites for hydroxylation is 2. The first-order valence-corrected chi connectivity index (χ1v) is 8.11. The van der Waals surface area contributed by atoms with Gasteiger partial charge in [0, 0.05) is 28.6 Å². The predicted molar refractivity (Wildman–Crippen MR) is 84.3 cm³/mol. The van der Waals surface area contributed by atoms with Crippen LogP contribution in [0.1, 0.15) is 42.5 Å². The Morgan fingerprint density at radius 3 is 2.90 bits per heavy atom. The highest BCUT2D eigenvalue weighted by atomic mass is 16.2. The van der Waals surface area contributed by atoms with Gasteiger partial charge in [-0.25, -0.2) is 0 Å². The van der Waals surface area contributed by atoms with E-state index in [1.807, 2.05) is 0 Å². The minimum absolute atomic E-state index is 0.283. The van der Waals surface area contributed by atoms with Crippen molar-refractivity contribution in [3.8, 4) is 0 Å². The first-order valence-electron chi connectivity index (χ1n) is 8.11. The molecule has 1 saturated carbocycles. The van der Waals surface area contributed by atoms with E-state index in [2.05, 4.69) is 35.4 Å². The minimum atomic E-state index is 0.283. The van der Waals surface area contributed by atoms with Gasteiger partial charge in [0.25, 0.3) is 0 Å². The van der Waals surface area contributed by atoms with E-state index in [9.17, 15) is 4.79 Å². The third-order valence-corrected chi connectivity index (χ3v) is 5.17. The molecule has 4 rings (SSSR count).